The second kappa shape index (κ2) is 8.44. The van der Waals surface area contributed by atoms with Crippen molar-refractivity contribution < 1.29 is 29.6 Å². The summed E-state index contributed by atoms with van der Waals surface area (Å²) in [5.41, 5.74) is 1.35. The zero-order chi connectivity index (χ0) is 18.2. The number of hydrogen-bond acceptors (Lipinski definition) is 6. The molecule has 2 aromatic carbocycles. The van der Waals surface area contributed by atoms with E-state index in [4.69, 9.17) is 9.47 Å². The summed E-state index contributed by atoms with van der Waals surface area (Å²) < 4.78 is 10.0. The molecule has 130 valence electrons. The predicted octanol–water partition coefficient (Wildman–Crippen LogP) is 3.08. The Balaban J connectivity index is 1.85. The van der Waals surface area contributed by atoms with Crippen molar-refractivity contribution in [2.45, 2.75) is 0 Å². The van der Waals surface area contributed by atoms with Crippen LogP contribution in [0.5, 0.6) is 23.0 Å². The van der Waals surface area contributed by atoms with E-state index in [1.807, 2.05) is 0 Å². The van der Waals surface area contributed by atoms with Gasteiger partial charge in [0.05, 0.1) is 7.11 Å². The van der Waals surface area contributed by atoms with Gasteiger partial charge in [-0.25, -0.2) is 4.79 Å². The van der Waals surface area contributed by atoms with Gasteiger partial charge in [0.2, 0.25) is 0 Å². The maximum absolute atomic E-state index is 11.6. The number of hydrogen-bond donors (Lipinski definition) is 3. The van der Waals surface area contributed by atoms with Crippen LogP contribution in [0, 0.1) is 0 Å². The number of ether oxygens (including phenoxy) is 2. The van der Waals surface area contributed by atoms with Crippen LogP contribution in [-0.2, 0) is 9.53 Å². The molecule has 0 spiro atoms. The molecule has 0 unspecified atom stereocenters. The highest BCUT2D eigenvalue weighted by molar-refractivity contribution is 5.87. The summed E-state index contributed by atoms with van der Waals surface area (Å²) in [4.78, 5) is 11.6. The van der Waals surface area contributed by atoms with E-state index < -0.39 is 5.97 Å². The molecule has 0 atom stereocenters. The Morgan fingerprint density at radius 2 is 1.64 bits per heavy atom. The van der Waals surface area contributed by atoms with E-state index in [2.05, 4.69) is 0 Å². The Kier molecular flexibility index (Phi) is 6.06. The zero-order valence-corrected chi connectivity index (χ0v) is 13.5. The van der Waals surface area contributed by atoms with Crippen molar-refractivity contribution in [1.29, 1.82) is 0 Å². The SMILES string of the molecule is COc1cc(/C=C/COC(=O)/C=C/c2ccc(O)c(O)c2)ccc1O. The molecule has 0 amide bonds. The minimum atomic E-state index is -0.541. The molecular formula is C19H18O6. The first-order valence-electron chi connectivity index (χ1n) is 7.40. The fourth-order valence-electron chi connectivity index (χ4n) is 1.97. The second-order valence-corrected chi connectivity index (χ2v) is 5.05. The van der Waals surface area contributed by atoms with Gasteiger partial charge in [-0.2, -0.15) is 0 Å². The first-order valence-corrected chi connectivity index (χ1v) is 7.40. The van der Waals surface area contributed by atoms with Crippen LogP contribution in [0.15, 0.2) is 48.6 Å². The highest BCUT2D eigenvalue weighted by Gasteiger charge is 2.01. The van der Waals surface area contributed by atoms with Gasteiger partial charge >= 0.3 is 5.97 Å². The summed E-state index contributed by atoms with van der Waals surface area (Å²) in [5.74, 6) is -0.616. The topological polar surface area (TPSA) is 96.2 Å². The van der Waals surface area contributed by atoms with Crippen molar-refractivity contribution in [1.82, 2.24) is 0 Å². The highest BCUT2D eigenvalue weighted by atomic mass is 16.5. The van der Waals surface area contributed by atoms with Crippen LogP contribution >= 0.6 is 0 Å². The Morgan fingerprint density at radius 1 is 0.960 bits per heavy atom. The predicted molar refractivity (Wildman–Crippen MR) is 93.5 cm³/mol. The van der Waals surface area contributed by atoms with Crippen LogP contribution in [-0.4, -0.2) is 35.0 Å². The van der Waals surface area contributed by atoms with Gasteiger partial charge in [0, 0.05) is 6.08 Å². The van der Waals surface area contributed by atoms with E-state index in [0.29, 0.717) is 11.3 Å². The lowest BCUT2D eigenvalue weighted by molar-refractivity contribution is -0.136. The summed E-state index contributed by atoms with van der Waals surface area (Å²) in [7, 11) is 1.46. The Morgan fingerprint density at radius 3 is 2.32 bits per heavy atom. The number of esters is 1. The van der Waals surface area contributed by atoms with Crippen LogP contribution in [0.3, 0.4) is 0 Å². The lowest BCUT2D eigenvalue weighted by Crippen LogP contribution is -1.99. The van der Waals surface area contributed by atoms with E-state index in [0.717, 1.165) is 5.56 Å². The molecular weight excluding hydrogens is 324 g/mol. The molecule has 2 rings (SSSR count). The fraction of sp³-hybridized carbons (Fsp3) is 0.105. The Labute approximate surface area is 144 Å². The highest BCUT2D eigenvalue weighted by Crippen LogP contribution is 2.27. The quantitative estimate of drug-likeness (QED) is 0.424. The smallest absolute Gasteiger partial charge is 0.331 e. The summed E-state index contributed by atoms with van der Waals surface area (Å²) in [6.45, 7) is 0.0766. The Hall–Kier alpha value is -3.41. The van der Waals surface area contributed by atoms with Gasteiger partial charge in [0.15, 0.2) is 23.0 Å². The average Bonchev–Trinajstić information content (AvgIpc) is 2.61. The first kappa shape index (κ1) is 17.9. The summed E-state index contributed by atoms with van der Waals surface area (Å²) in [6.07, 6.45) is 6.08. The number of rotatable bonds is 6. The van der Waals surface area contributed by atoms with Crippen LogP contribution in [0.2, 0.25) is 0 Å². The van der Waals surface area contributed by atoms with Crippen molar-refractivity contribution in [3.63, 3.8) is 0 Å². The molecule has 3 N–H and O–H groups in total. The molecule has 0 aliphatic heterocycles. The maximum atomic E-state index is 11.6. The van der Waals surface area contributed by atoms with Crippen LogP contribution in [0.25, 0.3) is 12.2 Å². The summed E-state index contributed by atoms with van der Waals surface area (Å²) >= 11 is 0. The van der Waals surface area contributed by atoms with Gasteiger partial charge in [0.1, 0.15) is 6.61 Å². The lowest BCUT2D eigenvalue weighted by atomic mass is 10.2. The molecule has 25 heavy (non-hydrogen) atoms. The third-order valence-electron chi connectivity index (χ3n) is 3.25. The van der Waals surface area contributed by atoms with Crippen molar-refractivity contribution in [3.8, 4) is 23.0 Å². The van der Waals surface area contributed by atoms with Crippen molar-refractivity contribution in [2.75, 3.05) is 13.7 Å². The van der Waals surface area contributed by atoms with E-state index in [1.165, 1.54) is 37.5 Å². The number of methoxy groups -OCH3 is 1. The molecule has 0 aromatic heterocycles. The third-order valence-corrected chi connectivity index (χ3v) is 3.25. The van der Waals surface area contributed by atoms with Crippen LogP contribution < -0.4 is 4.74 Å². The van der Waals surface area contributed by atoms with Gasteiger partial charge in [0.25, 0.3) is 0 Å². The number of benzene rings is 2. The number of carbonyl (C=O) groups is 1. The first-order chi connectivity index (χ1) is 12.0. The van der Waals surface area contributed by atoms with E-state index in [-0.39, 0.29) is 23.9 Å². The maximum Gasteiger partial charge on any atom is 0.331 e. The van der Waals surface area contributed by atoms with Gasteiger partial charge in [-0.05, 0) is 47.5 Å². The summed E-state index contributed by atoms with van der Waals surface area (Å²) in [5, 5.41) is 28.1. The molecule has 2 aromatic rings. The number of aromatic hydroxyl groups is 3. The molecule has 0 saturated heterocycles. The monoisotopic (exact) mass is 342 g/mol. The molecule has 0 aliphatic rings. The zero-order valence-electron chi connectivity index (χ0n) is 13.5. The van der Waals surface area contributed by atoms with E-state index in [9.17, 15) is 20.1 Å². The number of phenols is 3. The molecule has 0 saturated carbocycles. The van der Waals surface area contributed by atoms with Crippen molar-refractivity contribution in [3.05, 3.63) is 59.7 Å². The largest absolute Gasteiger partial charge is 0.504 e. The molecule has 0 fully saturated rings. The molecule has 0 heterocycles. The number of phenolic OH excluding ortho intramolecular Hbond substituents is 3. The van der Waals surface area contributed by atoms with Crippen molar-refractivity contribution in [2.24, 2.45) is 0 Å². The molecule has 0 bridgehead atoms. The van der Waals surface area contributed by atoms with E-state index >= 15 is 0 Å². The van der Waals surface area contributed by atoms with E-state index in [1.54, 1.807) is 30.4 Å². The third kappa shape index (κ3) is 5.31. The number of carbonyl (C=O) groups excluding carboxylic acids is 1. The molecule has 6 nitrogen and oxygen atoms in total. The van der Waals surface area contributed by atoms with Gasteiger partial charge in [-0.3, -0.25) is 0 Å². The van der Waals surface area contributed by atoms with Crippen molar-refractivity contribution >= 4 is 18.1 Å². The lowest BCUT2D eigenvalue weighted by Gasteiger charge is -2.03. The summed E-state index contributed by atoms with van der Waals surface area (Å²) in [6, 6.07) is 9.09. The normalized spacial score (nSPS) is 11.1. The van der Waals surface area contributed by atoms with Crippen LogP contribution in [0.4, 0.5) is 0 Å². The standard InChI is InChI=1S/C19H18O6/c1-24-18-12-13(5-8-16(18)21)3-2-10-25-19(23)9-6-14-4-7-15(20)17(22)11-14/h2-9,11-12,20-22H,10H2,1H3/b3-2+,9-6+. The van der Waals surface area contributed by atoms with Gasteiger partial charge < -0.3 is 24.8 Å². The molecule has 0 radical (unpaired) electrons. The van der Waals surface area contributed by atoms with Crippen LogP contribution in [0.1, 0.15) is 11.1 Å². The Bertz CT molecular complexity index is 808. The minimum absolute atomic E-state index is 0.0523. The molecule has 0 aliphatic carbocycles. The van der Waals surface area contributed by atoms with Gasteiger partial charge in [-0.15, -0.1) is 0 Å². The van der Waals surface area contributed by atoms with Gasteiger partial charge in [-0.1, -0.05) is 18.2 Å². The second-order valence-electron chi connectivity index (χ2n) is 5.05. The fourth-order valence-corrected chi connectivity index (χ4v) is 1.97. The molecule has 6 heteroatoms. The average molecular weight is 342 g/mol. The minimum Gasteiger partial charge on any atom is -0.504 e.